The van der Waals surface area contributed by atoms with Crippen LogP contribution in [-0.2, 0) is 0 Å². The van der Waals surface area contributed by atoms with E-state index in [9.17, 15) is 0 Å². The van der Waals surface area contributed by atoms with Crippen LogP contribution in [0.3, 0.4) is 0 Å². The van der Waals surface area contributed by atoms with Gasteiger partial charge in [0.25, 0.3) is 0 Å². The van der Waals surface area contributed by atoms with E-state index in [-0.39, 0.29) is 0 Å². The van der Waals surface area contributed by atoms with Crippen LogP contribution in [0.15, 0.2) is 46.9 Å². The highest BCUT2D eigenvalue weighted by Gasteiger charge is 2.12. The second-order valence-electron chi connectivity index (χ2n) is 4.31. The average molecular weight is 261 g/mol. The molecule has 3 N–H and O–H groups in total. The van der Waals surface area contributed by atoms with Crippen molar-refractivity contribution in [2.24, 2.45) is 15.8 Å². The second-order valence-corrected chi connectivity index (χ2v) is 4.31. The highest BCUT2D eigenvalue weighted by Crippen LogP contribution is 2.15. The Bertz CT molecular complexity index is 387. The van der Waals surface area contributed by atoms with E-state index in [1.165, 1.54) is 25.6 Å². The molecule has 0 radical (unpaired) electrons. The average Bonchev–Trinajstić information content (AvgIpc) is 2.44. The van der Waals surface area contributed by atoms with Gasteiger partial charge in [0.15, 0.2) is 0 Å². The Morgan fingerprint density at radius 1 is 1.32 bits per heavy atom. The van der Waals surface area contributed by atoms with Gasteiger partial charge in [-0.1, -0.05) is 12.7 Å². The number of hydrazone groups is 1. The fourth-order valence-electron chi connectivity index (χ4n) is 1.88. The van der Waals surface area contributed by atoms with Crippen molar-refractivity contribution >= 4 is 12.1 Å². The van der Waals surface area contributed by atoms with Gasteiger partial charge < -0.3 is 10.6 Å². The van der Waals surface area contributed by atoms with E-state index < -0.39 is 0 Å². The molecule has 1 fully saturated rings. The summed E-state index contributed by atoms with van der Waals surface area (Å²) in [5, 5.41) is 4.19. The Morgan fingerprint density at radius 2 is 2.05 bits per heavy atom. The zero-order valence-electron chi connectivity index (χ0n) is 11.5. The molecule has 1 rings (SSSR count). The van der Waals surface area contributed by atoms with Gasteiger partial charge in [-0.05, 0) is 32.3 Å². The quantitative estimate of drug-likeness (QED) is 0.332. The lowest BCUT2D eigenvalue weighted by Crippen LogP contribution is -2.29. The SMILES string of the molecule is C=C/C=C\N\N=C(C)/C=C(/N=C/N)N1CCCCC1. The molecule has 0 bridgehead atoms. The molecular formula is C14H23N5. The van der Waals surface area contributed by atoms with E-state index in [4.69, 9.17) is 5.73 Å². The summed E-state index contributed by atoms with van der Waals surface area (Å²) < 4.78 is 0. The van der Waals surface area contributed by atoms with Crippen molar-refractivity contribution in [3.05, 3.63) is 36.8 Å². The second kappa shape index (κ2) is 8.97. The first-order valence-corrected chi connectivity index (χ1v) is 6.56. The van der Waals surface area contributed by atoms with Crippen LogP contribution in [0.1, 0.15) is 26.2 Å². The number of allylic oxidation sites excluding steroid dienone is 3. The van der Waals surface area contributed by atoms with Gasteiger partial charge in [0.1, 0.15) is 5.82 Å². The van der Waals surface area contributed by atoms with Crippen molar-refractivity contribution in [2.45, 2.75) is 26.2 Å². The van der Waals surface area contributed by atoms with Gasteiger partial charge in [-0.3, -0.25) is 5.43 Å². The molecule has 0 amide bonds. The zero-order valence-corrected chi connectivity index (χ0v) is 11.5. The monoisotopic (exact) mass is 261 g/mol. The van der Waals surface area contributed by atoms with Gasteiger partial charge in [0, 0.05) is 25.4 Å². The molecule has 0 aromatic rings. The molecule has 0 unspecified atom stereocenters. The Morgan fingerprint density at radius 3 is 2.68 bits per heavy atom. The van der Waals surface area contributed by atoms with Crippen LogP contribution in [-0.4, -0.2) is 30.0 Å². The van der Waals surface area contributed by atoms with Gasteiger partial charge in [-0.15, -0.1) is 0 Å². The predicted molar refractivity (Wildman–Crippen MR) is 81.8 cm³/mol. The standard InChI is InChI=1S/C14H23N5/c1-3-4-8-17-18-13(2)11-14(16-12-15)19-9-6-5-7-10-19/h3-4,8,11-12,17H,1,5-7,9-10H2,2H3,(H2,15,16)/b8-4-,14-11-,18-13-. The number of aliphatic imine (C=N–C) groups is 1. The first-order valence-electron chi connectivity index (χ1n) is 6.56. The maximum Gasteiger partial charge on any atom is 0.132 e. The Kier molecular flexibility index (Phi) is 7.09. The third-order valence-electron chi connectivity index (χ3n) is 2.77. The fourth-order valence-corrected chi connectivity index (χ4v) is 1.88. The van der Waals surface area contributed by atoms with Crippen LogP contribution < -0.4 is 11.2 Å². The van der Waals surface area contributed by atoms with E-state index in [1.54, 1.807) is 18.4 Å². The molecule has 1 heterocycles. The molecule has 0 aromatic heterocycles. The number of nitrogens with one attached hydrogen (secondary N) is 1. The molecule has 19 heavy (non-hydrogen) atoms. The molecule has 1 saturated heterocycles. The summed E-state index contributed by atoms with van der Waals surface area (Å²) in [6.45, 7) is 7.56. The van der Waals surface area contributed by atoms with Crippen LogP contribution in [0.2, 0.25) is 0 Å². The number of rotatable bonds is 6. The summed E-state index contributed by atoms with van der Waals surface area (Å²) in [4.78, 5) is 6.47. The first kappa shape index (κ1) is 15.0. The van der Waals surface area contributed by atoms with Gasteiger partial charge in [0.2, 0.25) is 0 Å². The van der Waals surface area contributed by atoms with Crippen molar-refractivity contribution in [1.29, 1.82) is 0 Å². The van der Waals surface area contributed by atoms with Gasteiger partial charge in [-0.2, -0.15) is 5.10 Å². The molecule has 5 heteroatoms. The van der Waals surface area contributed by atoms with Crippen molar-refractivity contribution < 1.29 is 0 Å². The minimum absolute atomic E-state index is 0.847. The number of nitrogens with zero attached hydrogens (tertiary/aromatic N) is 3. The maximum absolute atomic E-state index is 5.41. The largest absolute Gasteiger partial charge is 0.390 e. The van der Waals surface area contributed by atoms with Crippen LogP contribution >= 0.6 is 0 Å². The summed E-state index contributed by atoms with van der Waals surface area (Å²) >= 11 is 0. The topological polar surface area (TPSA) is 66.0 Å². The highest BCUT2D eigenvalue weighted by molar-refractivity contribution is 5.93. The minimum Gasteiger partial charge on any atom is -0.390 e. The third-order valence-corrected chi connectivity index (χ3v) is 2.77. The van der Waals surface area contributed by atoms with Crippen molar-refractivity contribution in [3.63, 3.8) is 0 Å². The number of hydrogen-bond donors (Lipinski definition) is 2. The zero-order chi connectivity index (χ0) is 13.9. The molecule has 104 valence electrons. The molecule has 0 atom stereocenters. The third kappa shape index (κ3) is 5.90. The maximum atomic E-state index is 5.41. The van der Waals surface area contributed by atoms with Crippen LogP contribution in [0.25, 0.3) is 0 Å². The molecule has 1 aliphatic heterocycles. The lowest BCUT2D eigenvalue weighted by molar-refractivity contribution is 0.283. The Labute approximate surface area is 115 Å². The van der Waals surface area contributed by atoms with Crippen LogP contribution in [0.4, 0.5) is 0 Å². The molecule has 0 aliphatic carbocycles. The van der Waals surface area contributed by atoms with Crippen molar-refractivity contribution in [3.8, 4) is 0 Å². The molecular weight excluding hydrogens is 238 g/mol. The highest BCUT2D eigenvalue weighted by atomic mass is 15.3. The fraction of sp³-hybridized carbons (Fsp3) is 0.429. The summed E-state index contributed by atoms with van der Waals surface area (Å²) in [7, 11) is 0. The molecule has 1 aliphatic rings. The van der Waals surface area contributed by atoms with Crippen LogP contribution in [0.5, 0.6) is 0 Å². The minimum atomic E-state index is 0.847. The smallest absolute Gasteiger partial charge is 0.132 e. The van der Waals surface area contributed by atoms with E-state index in [0.717, 1.165) is 24.6 Å². The van der Waals surface area contributed by atoms with Crippen LogP contribution in [0, 0.1) is 0 Å². The molecule has 0 spiro atoms. The Balaban J connectivity index is 2.70. The summed E-state index contributed by atoms with van der Waals surface area (Å²) in [6.07, 6.45) is 12.1. The number of likely N-dealkylation sites (tertiary alicyclic amines) is 1. The first-order chi connectivity index (χ1) is 9.27. The van der Waals surface area contributed by atoms with Crippen molar-refractivity contribution in [2.75, 3.05) is 13.1 Å². The summed E-state index contributed by atoms with van der Waals surface area (Å²) in [5.41, 5.74) is 9.09. The molecule has 0 aromatic carbocycles. The number of hydrogen-bond acceptors (Lipinski definition) is 4. The Hall–Kier alpha value is -2.04. The van der Waals surface area contributed by atoms with E-state index >= 15 is 0 Å². The van der Waals surface area contributed by atoms with Gasteiger partial charge in [-0.25, -0.2) is 4.99 Å². The summed E-state index contributed by atoms with van der Waals surface area (Å²) in [6, 6.07) is 0. The van der Waals surface area contributed by atoms with E-state index in [2.05, 4.69) is 27.0 Å². The number of nitrogens with two attached hydrogens (primary N) is 1. The van der Waals surface area contributed by atoms with Gasteiger partial charge >= 0.3 is 0 Å². The lowest BCUT2D eigenvalue weighted by Gasteiger charge is -2.28. The molecule has 0 saturated carbocycles. The molecule has 5 nitrogen and oxygen atoms in total. The van der Waals surface area contributed by atoms with Gasteiger partial charge in [0.05, 0.1) is 12.1 Å². The number of piperidine rings is 1. The van der Waals surface area contributed by atoms with E-state index in [1.807, 2.05) is 13.0 Å². The normalized spacial score (nSPS) is 18.3. The predicted octanol–water partition coefficient (Wildman–Crippen LogP) is 1.97. The van der Waals surface area contributed by atoms with E-state index in [0.29, 0.717) is 0 Å². The van der Waals surface area contributed by atoms with Crippen molar-refractivity contribution in [1.82, 2.24) is 10.3 Å². The lowest BCUT2D eigenvalue weighted by atomic mass is 10.1. The summed E-state index contributed by atoms with van der Waals surface area (Å²) in [5.74, 6) is 0.873.